The number of fused-ring (bicyclic) bond motifs is 1. The highest BCUT2D eigenvalue weighted by atomic mass is 16.5. The molecule has 5 nitrogen and oxygen atoms in total. The van der Waals surface area contributed by atoms with Gasteiger partial charge in [-0.15, -0.1) is 0 Å². The molecule has 1 aliphatic heterocycles. The first-order valence-electron chi connectivity index (χ1n) is 8.14. The summed E-state index contributed by atoms with van der Waals surface area (Å²) in [7, 11) is 0. The van der Waals surface area contributed by atoms with Crippen molar-refractivity contribution in [3.8, 4) is 0 Å². The molecule has 5 heteroatoms. The number of carbonyl (C=O) groups is 1. The van der Waals surface area contributed by atoms with Crippen LogP contribution >= 0.6 is 0 Å². The molecule has 1 aliphatic carbocycles. The second-order valence-corrected chi connectivity index (χ2v) is 6.05. The van der Waals surface area contributed by atoms with E-state index in [0.29, 0.717) is 6.02 Å². The Hall–Kier alpha value is -2.04. The van der Waals surface area contributed by atoms with E-state index < -0.39 is 12.0 Å². The van der Waals surface area contributed by atoms with E-state index in [9.17, 15) is 4.79 Å². The number of ether oxygens (including phenoxy) is 1. The number of para-hydroxylation sites is 1. The van der Waals surface area contributed by atoms with Gasteiger partial charge >= 0.3 is 0 Å². The predicted molar refractivity (Wildman–Crippen MR) is 86.6 cm³/mol. The third kappa shape index (κ3) is 3.40. The second-order valence-electron chi connectivity index (χ2n) is 6.05. The fourth-order valence-electron chi connectivity index (χ4n) is 3.16. The molecule has 1 atom stereocenters. The molecule has 0 spiro atoms. The summed E-state index contributed by atoms with van der Waals surface area (Å²) in [5.74, 6) is -0.487. The Kier molecular flexibility index (Phi) is 4.61. The van der Waals surface area contributed by atoms with Crippen molar-refractivity contribution in [3.63, 3.8) is 0 Å². The highest BCUT2D eigenvalue weighted by Crippen LogP contribution is 2.31. The highest BCUT2D eigenvalue weighted by molar-refractivity contribution is 5.97. The van der Waals surface area contributed by atoms with Gasteiger partial charge in [-0.3, -0.25) is 4.79 Å². The summed E-state index contributed by atoms with van der Waals surface area (Å²) < 4.78 is 5.71. The Balaban J connectivity index is 1.80. The zero-order chi connectivity index (χ0) is 15.4. The minimum atomic E-state index is -0.759. The zero-order valence-electron chi connectivity index (χ0n) is 12.8. The van der Waals surface area contributed by atoms with Crippen LogP contribution in [0.1, 0.15) is 56.6 Å². The first kappa shape index (κ1) is 14.9. The standard InChI is InChI=1S/C17H23N3O2/c18-16(21)15-13-10-6-7-11-14(13)20-17(22-15)19-12-8-4-2-1-3-5-9-12/h6-7,10-12,15H,1-5,8-9H2,(H2,18,21)(H,19,20). The summed E-state index contributed by atoms with van der Waals surface area (Å²) in [6.07, 6.45) is 7.70. The minimum Gasteiger partial charge on any atom is -0.447 e. The summed E-state index contributed by atoms with van der Waals surface area (Å²) in [6.45, 7) is 0. The van der Waals surface area contributed by atoms with Gasteiger partial charge in [0.1, 0.15) is 0 Å². The maximum atomic E-state index is 11.7. The number of carbonyl (C=O) groups excluding carboxylic acids is 1. The fourth-order valence-corrected chi connectivity index (χ4v) is 3.16. The first-order chi connectivity index (χ1) is 10.7. The molecule has 3 rings (SSSR count). The van der Waals surface area contributed by atoms with Crippen molar-refractivity contribution in [1.29, 1.82) is 0 Å². The molecule has 0 aromatic heterocycles. The lowest BCUT2D eigenvalue weighted by molar-refractivity contribution is -0.125. The highest BCUT2D eigenvalue weighted by Gasteiger charge is 2.29. The van der Waals surface area contributed by atoms with Gasteiger partial charge in [0.15, 0.2) is 0 Å². The second kappa shape index (κ2) is 6.81. The lowest BCUT2D eigenvalue weighted by Gasteiger charge is -2.27. The third-order valence-electron chi connectivity index (χ3n) is 4.35. The van der Waals surface area contributed by atoms with Crippen LogP contribution in [0.15, 0.2) is 29.3 Å². The van der Waals surface area contributed by atoms with Crippen LogP contribution < -0.4 is 11.1 Å². The summed E-state index contributed by atoms with van der Waals surface area (Å²) in [6, 6.07) is 8.25. The molecule has 1 saturated carbocycles. The number of rotatable bonds is 2. The molecule has 0 bridgehead atoms. The molecular formula is C17H23N3O2. The van der Waals surface area contributed by atoms with Crippen LogP contribution in [0.25, 0.3) is 0 Å². The Morgan fingerprint density at radius 1 is 1.14 bits per heavy atom. The normalized spacial score (nSPS) is 24.5. The van der Waals surface area contributed by atoms with Gasteiger partial charge in [0.2, 0.25) is 6.10 Å². The lowest BCUT2D eigenvalue weighted by Crippen LogP contribution is -2.34. The molecule has 1 heterocycles. The Morgan fingerprint density at radius 2 is 1.82 bits per heavy atom. The van der Waals surface area contributed by atoms with E-state index in [2.05, 4.69) is 5.32 Å². The van der Waals surface area contributed by atoms with Gasteiger partial charge in [-0.05, 0) is 18.9 Å². The molecule has 1 fully saturated rings. The molecule has 1 unspecified atom stereocenters. The van der Waals surface area contributed by atoms with Gasteiger partial charge in [-0.1, -0.05) is 50.3 Å². The maximum absolute atomic E-state index is 11.7. The van der Waals surface area contributed by atoms with E-state index in [-0.39, 0.29) is 6.04 Å². The van der Waals surface area contributed by atoms with Crippen LogP contribution in [-0.4, -0.2) is 18.0 Å². The first-order valence-corrected chi connectivity index (χ1v) is 8.14. The summed E-state index contributed by atoms with van der Waals surface area (Å²) in [5.41, 5.74) is 7.10. The van der Waals surface area contributed by atoms with Crippen molar-refractivity contribution in [2.75, 3.05) is 5.32 Å². The quantitative estimate of drug-likeness (QED) is 0.881. The zero-order valence-corrected chi connectivity index (χ0v) is 12.8. The number of hydrogen-bond acceptors (Lipinski definition) is 3. The SMILES string of the molecule is NC(=O)C1OC(=NC2CCCCCCC2)Nc2ccccc21. The van der Waals surface area contributed by atoms with Gasteiger partial charge < -0.3 is 15.8 Å². The third-order valence-corrected chi connectivity index (χ3v) is 4.35. The van der Waals surface area contributed by atoms with E-state index in [1.165, 1.54) is 32.1 Å². The number of benzene rings is 1. The Labute approximate surface area is 130 Å². The predicted octanol–water partition coefficient (Wildman–Crippen LogP) is 3.12. The van der Waals surface area contributed by atoms with Gasteiger partial charge in [0.25, 0.3) is 11.9 Å². The molecule has 2 aliphatic rings. The fraction of sp³-hybridized carbons (Fsp3) is 0.529. The van der Waals surface area contributed by atoms with Crippen molar-refractivity contribution in [2.24, 2.45) is 10.7 Å². The number of primary amides is 1. The number of amidine groups is 1. The average Bonchev–Trinajstić information content (AvgIpc) is 2.49. The van der Waals surface area contributed by atoms with Crippen molar-refractivity contribution in [2.45, 2.75) is 57.1 Å². The van der Waals surface area contributed by atoms with Crippen LogP contribution in [0.3, 0.4) is 0 Å². The van der Waals surface area contributed by atoms with E-state index >= 15 is 0 Å². The van der Waals surface area contributed by atoms with Gasteiger partial charge in [-0.25, -0.2) is 4.99 Å². The van der Waals surface area contributed by atoms with Gasteiger partial charge in [-0.2, -0.15) is 0 Å². The van der Waals surface area contributed by atoms with Crippen molar-refractivity contribution in [3.05, 3.63) is 29.8 Å². The largest absolute Gasteiger partial charge is 0.447 e. The van der Waals surface area contributed by atoms with Gasteiger partial charge in [0.05, 0.1) is 6.04 Å². The van der Waals surface area contributed by atoms with Gasteiger partial charge in [0, 0.05) is 11.3 Å². The van der Waals surface area contributed by atoms with E-state index in [1.54, 1.807) is 0 Å². The summed E-state index contributed by atoms with van der Waals surface area (Å²) in [4.78, 5) is 16.4. The van der Waals surface area contributed by atoms with Crippen molar-refractivity contribution >= 4 is 17.6 Å². The molecule has 1 aromatic carbocycles. The van der Waals surface area contributed by atoms with E-state index in [1.807, 2.05) is 24.3 Å². The Bertz CT molecular complexity index is 563. The number of nitrogens with zero attached hydrogens (tertiary/aromatic N) is 1. The van der Waals surface area contributed by atoms with E-state index in [0.717, 1.165) is 24.1 Å². The number of nitrogens with two attached hydrogens (primary N) is 1. The van der Waals surface area contributed by atoms with Crippen molar-refractivity contribution in [1.82, 2.24) is 0 Å². The average molecular weight is 301 g/mol. The Morgan fingerprint density at radius 3 is 2.55 bits per heavy atom. The van der Waals surface area contributed by atoms with Crippen LogP contribution in [0.4, 0.5) is 5.69 Å². The molecule has 22 heavy (non-hydrogen) atoms. The molecular weight excluding hydrogens is 278 g/mol. The number of aliphatic imine (C=N–C) groups is 1. The number of nitrogens with one attached hydrogen (secondary N) is 1. The molecule has 1 aromatic rings. The van der Waals surface area contributed by atoms with E-state index in [4.69, 9.17) is 15.5 Å². The maximum Gasteiger partial charge on any atom is 0.290 e. The summed E-state index contributed by atoms with van der Waals surface area (Å²) in [5, 5.41) is 3.19. The molecule has 3 N–H and O–H groups in total. The molecule has 0 radical (unpaired) electrons. The summed E-state index contributed by atoms with van der Waals surface area (Å²) >= 11 is 0. The smallest absolute Gasteiger partial charge is 0.290 e. The minimum absolute atomic E-state index is 0.265. The number of hydrogen-bond donors (Lipinski definition) is 2. The monoisotopic (exact) mass is 301 g/mol. The van der Waals surface area contributed by atoms with Crippen molar-refractivity contribution < 1.29 is 9.53 Å². The lowest BCUT2D eigenvalue weighted by atomic mass is 9.97. The molecule has 1 amide bonds. The van der Waals surface area contributed by atoms with Crippen LogP contribution in [0.5, 0.6) is 0 Å². The molecule has 0 saturated heterocycles. The van der Waals surface area contributed by atoms with Crippen LogP contribution in [0, 0.1) is 0 Å². The topological polar surface area (TPSA) is 76.7 Å². The van der Waals surface area contributed by atoms with Crippen LogP contribution in [-0.2, 0) is 9.53 Å². The number of anilines is 1. The number of amides is 1. The van der Waals surface area contributed by atoms with Crippen LogP contribution in [0.2, 0.25) is 0 Å². The molecule has 118 valence electrons.